The van der Waals surface area contributed by atoms with Crippen molar-refractivity contribution in [3.63, 3.8) is 0 Å². The Kier molecular flexibility index (Phi) is 6.72. The highest BCUT2D eigenvalue weighted by atomic mass is 32.2. The Morgan fingerprint density at radius 3 is 2.62 bits per heavy atom. The number of piperidine rings is 1. The minimum absolute atomic E-state index is 0.103. The first-order valence-corrected chi connectivity index (χ1v) is 13.1. The molecule has 10 heteroatoms. The van der Waals surface area contributed by atoms with Gasteiger partial charge in [0.15, 0.2) is 0 Å². The van der Waals surface area contributed by atoms with Gasteiger partial charge in [0.25, 0.3) is 5.69 Å². The summed E-state index contributed by atoms with van der Waals surface area (Å²) in [6.45, 7) is 4.48. The Hall–Kier alpha value is -3.24. The third kappa shape index (κ3) is 5.63. The molecule has 0 aliphatic carbocycles. The molecule has 0 bridgehead atoms. The molecule has 0 saturated carbocycles. The lowest BCUT2D eigenvalue weighted by Gasteiger charge is -2.38. The van der Waals surface area contributed by atoms with Gasteiger partial charge in [0, 0.05) is 54.6 Å². The van der Waals surface area contributed by atoms with E-state index in [-0.39, 0.29) is 10.6 Å². The van der Waals surface area contributed by atoms with Crippen molar-refractivity contribution in [2.75, 3.05) is 36.0 Å². The fourth-order valence-corrected chi connectivity index (χ4v) is 5.10. The molecule has 1 N–H and O–H groups in total. The molecule has 1 unspecified atom stereocenters. The monoisotopic (exact) mass is 483 g/mol. The van der Waals surface area contributed by atoms with Crippen LogP contribution < -0.4 is 9.62 Å². The number of hydrogen-bond donors (Lipinski definition) is 1. The molecule has 1 aliphatic heterocycles. The lowest BCUT2D eigenvalue weighted by atomic mass is 10.0. The average molecular weight is 484 g/mol. The van der Waals surface area contributed by atoms with Crippen LogP contribution in [0.25, 0.3) is 10.9 Å². The summed E-state index contributed by atoms with van der Waals surface area (Å²) in [4.78, 5) is 20.0. The van der Waals surface area contributed by atoms with Crippen molar-refractivity contribution >= 4 is 38.0 Å². The Morgan fingerprint density at radius 2 is 1.94 bits per heavy atom. The van der Waals surface area contributed by atoms with E-state index in [2.05, 4.69) is 27.6 Å². The van der Waals surface area contributed by atoms with Crippen LogP contribution in [0.3, 0.4) is 0 Å². The van der Waals surface area contributed by atoms with Crippen LogP contribution in [0.1, 0.15) is 24.1 Å². The maximum atomic E-state index is 11.5. The standard InChI is InChI=1S/C24H29N5O4S/c1-17-13-19(25-24-11-6-18(14-23(17)24)26-34(3,32)33)15-27(2)22-5-4-12-28(16-22)20-7-9-21(10-8-20)29(30)31/h6-11,13-14,22,26H,4-5,12,15-16H2,1-3H3. The van der Waals surface area contributed by atoms with Gasteiger partial charge in [-0.25, -0.2) is 8.42 Å². The predicted molar refractivity (Wildman–Crippen MR) is 135 cm³/mol. The largest absolute Gasteiger partial charge is 0.370 e. The summed E-state index contributed by atoms with van der Waals surface area (Å²) >= 11 is 0. The number of sulfonamides is 1. The third-order valence-corrected chi connectivity index (χ3v) is 6.84. The Labute approximate surface area is 199 Å². The van der Waals surface area contributed by atoms with Crippen LogP contribution in [0.4, 0.5) is 17.1 Å². The summed E-state index contributed by atoms with van der Waals surface area (Å²) in [5.41, 5.74) is 4.47. The summed E-state index contributed by atoms with van der Waals surface area (Å²) in [7, 11) is -1.24. The zero-order chi connectivity index (χ0) is 24.5. The highest BCUT2D eigenvalue weighted by Crippen LogP contribution is 2.26. The molecule has 34 heavy (non-hydrogen) atoms. The number of likely N-dealkylation sites (N-methyl/N-ethyl adjacent to an activating group) is 1. The van der Waals surface area contributed by atoms with Crippen LogP contribution in [-0.4, -0.2) is 55.7 Å². The minimum atomic E-state index is -3.34. The first kappa shape index (κ1) is 23.9. The summed E-state index contributed by atoms with van der Waals surface area (Å²) in [5.74, 6) is 0. The van der Waals surface area contributed by atoms with E-state index in [1.165, 1.54) is 0 Å². The van der Waals surface area contributed by atoms with Crippen molar-refractivity contribution in [2.24, 2.45) is 0 Å². The summed E-state index contributed by atoms with van der Waals surface area (Å²) < 4.78 is 25.6. The molecule has 0 radical (unpaired) electrons. The molecule has 1 atom stereocenters. The number of nitro benzene ring substituents is 1. The normalized spacial score (nSPS) is 16.7. The van der Waals surface area contributed by atoms with Gasteiger partial charge in [0.2, 0.25) is 10.0 Å². The lowest BCUT2D eigenvalue weighted by molar-refractivity contribution is -0.384. The van der Waals surface area contributed by atoms with Gasteiger partial charge >= 0.3 is 0 Å². The van der Waals surface area contributed by atoms with Crippen LogP contribution >= 0.6 is 0 Å². The topological polar surface area (TPSA) is 109 Å². The molecule has 0 spiro atoms. The number of benzene rings is 2. The van der Waals surface area contributed by atoms with E-state index in [9.17, 15) is 18.5 Å². The molecule has 180 valence electrons. The van der Waals surface area contributed by atoms with Gasteiger partial charge in [-0.15, -0.1) is 0 Å². The van der Waals surface area contributed by atoms with E-state index in [0.717, 1.165) is 60.0 Å². The molecular weight excluding hydrogens is 454 g/mol. The predicted octanol–water partition coefficient (Wildman–Crippen LogP) is 3.92. The fraction of sp³-hybridized carbons (Fsp3) is 0.375. The van der Waals surface area contributed by atoms with Gasteiger partial charge in [0.1, 0.15) is 0 Å². The highest BCUT2D eigenvalue weighted by molar-refractivity contribution is 7.92. The van der Waals surface area contributed by atoms with Gasteiger partial charge in [-0.1, -0.05) is 0 Å². The number of pyridine rings is 1. The zero-order valence-corrected chi connectivity index (χ0v) is 20.4. The van der Waals surface area contributed by atoms with E-state index in [0.29, 0.717) is 18.3 Å². The summed E-state index contributed by atoms with van der Waals surface area (Å²) in [5, 5.41) is 11.9. The number of anilines is 2. The maximum Gasteiger partial charge on any atom is 0.269 e. The quantitative estimate of drug-likeness (QED) is 0.401. The van der Waals surface area contributed by atoms with Crippen LogP contribution in [-0.2, 0) is 16.6 Å². The Balaban J connectivity index is 1.47. The molecule has 0 amide bonds. The Bertz CT molecular complexity index is 1310. The summed E-state index contributed by atoms with van der Waals surface area (Å²) in [6, 6.07) is 14.5. The maximum absolute atomic E-state index is 11.5. The number of non-ortho nitro benzene ring substituents is 1. The number of rotatable bonds is 7. The van der Waals surface area contributed by atoms with E-state index in [4.69, 9.17) is 4.98 Å². The van der Waals surface area contributed by atoms with Crippen molar-refractivity contribution in [1.82, 2.24) is 9.88 Å². The molecule has 3 aromatic rings. The molecule has 2 heterocycles. The zero-order valence-electron chi connectivity index (χ0n) is 19.6. The minimum Gasteiger partial charge on any atom is -0.370 e. The van der Waals surface area contributed by atoms with Crippen molar-refractivity contribution in [3.05, 3.63) is 69.9 Å². The fourth-order valence-electron chi connectivity index (χ4n) is 4.54. The number of nitro groups is 1. The second-order valence-corrected chi connectivity index (χ2v) is 10.7. The SMILES string of the molecule is Cc1cc(CN(C)C2CCCN(c3ccc([N+](=O)[O-])cc3)C2)nc2ccc(NS(C)(=O)=O)cc12. The number of aryl methyl sites for hydroxylation is 1. The van der Waals surface area contributed by atoms with E-state index >= 15 is 0 Å². The van der Waals surface area contributed by atoms with Gasteiger partial charge in [-0.3, -0.25) is 24.7 Å². The Morgan fingerprint density at radius 1 is 1.21 bits per heavy atom. The van der Waals surface area contributed by atoms with Crippen LogP contribution in [0.2, 0.25) is 0 Å². The van der Waals surface area contributed by atoms with Crippen molar-refractivity contribution in [2.45, 2.75) is 32.4 Å². The number of hydrogen-bond acceptors (Lipinski definition) is 7. The van der Waals surface area contributed by atoms with Crippen LogP contribution in [0.5, 0.6) is 0 Å². The number of aromatic nitrogens is 1. The van der Waals surface area contributed by atoms with E-state index in [1.807, 2.05) is 31.2 Å². The first-order chi connectivity index (χ1) is 16.1. The number of nitrogens with one attached hydrogen (secondary N) is 1. The number of nitrogens with zero attached hydrogens (tertiary/aromatic N) is 4. The average Bonchev–Trinajstić information content (AvgIpc) is 2.78. The second kappa shape index (κ2) is 9.55. The van der Waals surface area contributed by atoms with Gasteiger partial charge in [-0.2, -0.15) is 0 Å². The summed E-state index contributed by atoms with van der Waals surface area (Å²) in [6.07, 6.45) is 3.26. The second-order valence-electron chi connectivity index (χ2n) is 8.97. The van der Waals surface area contributed by atoms with Crippen LogP contribution in [0.15, 0.2) is 48.5 Å². The third-order valence-electron chi connectivity index (χ3n) is 6.23. The lowest BCUT2D eigenvalue weighted by Crippen LogP contribution is -2.46. The molecule has 1 aromatic heterocycles. The molecule has 2 aromatic carbocycles. The highest BCUT2D eigenvalue weighted by Gasteiger charge is 2.24. The van der Waals surface area contributed by atoms with Gasteiger partial charge in [0.05, 0.1) is 22.4 Å². The molecule has 9 nitrogen and oxygen atoms in total. The van der Waals surface area contributed by atoms with Crippen molar-refractivity contribution < 1.29 is 13.3 Å². The smallest absolute Gasteiger partial charge is 0.269 e. The van der Waals surface area contributed by atoms with Gasteiger partial charge < -0.3 is 4.90 Å². The molecule has 4 rings (SSSR count). The van der Waals surface area contributed by atoms with E-state index < -0.39 is 10.0 Å². The molecule has 1 fully saturated rings. The molecule has 1 saturated heterocycles. The van der Waals surface area contributed by atoms with E-state index in [1.54, 1.807) is 18.2 Å². The molecule has 1 aliphatic rings. The van der Waals surface area contributed by atoms with Crippen molar-refractivity contribution in [1.29, 1.82) is 0 Å². The first-order valence-electron chi connectivity index (χ1n) is 11.2. The van der Waals surface area contributed by atoms with Crippen molar-refractivity contribution in [3.8, 4) is 0 Å². The van der Waals surface area contributed by atoms with Crippen LogP contribution in [0, 0.1) is 17.0 Å². The molecular formula is C24H29N5O4S. The van der Waals surface area contributed by atoms with Gasteiger partial charge in [-0.05, 0) is 68.8 Å². The number of fused-ring (bicyclic) bond motifs is 1.